The molecule has 0 saturated carbocycles. The highest BCUT2D eigenvalue weighted by molar-refractivity contribution is 7.73. The van der Waals surface area contributed by atoms with E-state index in [1.165, 1.54) is 11.3 Å². The molecule has 0 spiro atoms. The van der Waals surface area contributed by atoms with Gasteiger partial charge in [0.1, 0.15) is 12.4 Å². The van der Waals surface area contributed by atoms with E-state index < -0.39 is 0 Å². The Morgan fingerprint density at radius 3 is 2.79 bits per heavy atom. The second kappa shape index (κ2) is 4.34. The average Bonchev–Trinajstić information content (AvgIpc) is 2.63. The van der Waals surface area contributed by atoms with Crippen molar-refractivity contribution in [1.29, 1.82) is 0 Å². The Hall–Kier alpha value is -1.20. The summed E-state index contributed by atoms with van der Waals surface area (Å²) in [6.07, 6.45) is 0. The normalized spacial score (nSPS) is 10.0. The molecule has 0 atom stereocenters. The summed E-state index contributed by atoms with van der Waals surface area (Å²) in [5.74, 6) is 0.841. The first-order valence-electron chi connectivity index (χ1n) is 4.07. The van der Waals surface area contributed by atoms with Gasteiger partial charge in [0.25, 0.3) is 0 Å². The molecule has 0 aliphatic rings. The van der Waals surface area contributed by atoms with Crippen molar-refractivity contribution in [3.8, 4) is 5.75 Å². The van der Waals surface area contributed by atoms with Gasteiger partial charge >= 0.3 is 0 Å². The molecule has 14 heavy (non-hydrogen) atoms. The summed E-state index contributed by atoms with van der Waals surface area (Å²) < 4.78 is 6.16. The Morgan fingerprint density at radius 2 is 2.14 bits per heavy atom. The number of aromatic nitrogens is 2. The molecule has 2 aromatic rings. The molecule has 0 amide bonds. The summed E-state index contributed by atoms with van der Waals surface area (Å²) in [6.45, 7) is 0.460. The van der Waals surface area contributed by atoms with Crippen molar-refractivity contribution < 1.29 is 4.74 Å². The lowest BCUT2D eigenvalue weighted by atomic mass is 10.3. The van der Waals surface area contributed by atoms with Crippen LogP contribution in [0, 0.1) is 3.95 Å². The van der Waals surface area contributed by atoms with Gasteiger partial charge in [0.05, 0.1) is 0 Å². The van der Waals surface area contributed by atoms with E-state index in [0.717, 1.165) is 10.8 Å². The minimum atomic E-state index is 0.460. The minimum absolute atomic E-state index is 0.460. The summed E-state index contributed by atoms with van der Waals surface area (Å²) in [7, 11) is 0. The molecular weight excluding hydrogens is 216 g/mol. The van der Waals surface area contributed by atoms with E-state index >= 15 is 0 Å². The zero-order valence-corrected chi connectivity index (χ0v) is 8.90. The molecule has 0 saturated heterocycles. The van der Waals surface area contributed by atoms with Gasteiger partial charge in [-0.15, -0.1) is 0 Å². The molecule has 1 aromatic carbocycles. The van der Waals surface area contributed by atoms with Gasteiger partial charge in [-0.1, -0.05) is 29.5 Å². The van der Waals surface area contributed by atoms with E-state index in [1.807, 2.05) is 30.3 Å². The zero-order valence-electron chi connectivity index (χ0n) is 7.27. The number of para-hydroxylation sites is 1. The maximum absolute atomic E-state index is 5.49. The Morgan fingerprint density at radius 1 is 1.36 bits per heavy atom. The van der Waals surface area contributed by atoms with Gasteiger partial charge in [0.15, 0.2) is 8.96 Å². The number of aromatic amines is 1. The van der Waals surface area contributed by atoms with Crippen LogP contribution in [0.5, 0.6) is 5.75 Å². The van der Waals surface area contributed by atoms with Gasteiger partial charge in [-0.2, -0.15) is 5.10 Å². The summed E-state index contributed by atoms with van der Waals surface area (Å²) in [5.41, 5.74) is 0. The lowest BCUT2D eigenvalue weighted by Crippen LogP contribution is -1.94. The van der Waals surface area contributed by atoms with Crippen LogP contribution in [0.3, 0.4) is 0 Å². The number of hydrogen-bond acceptors (Lipinski definition) is 4. The lowest BCUT2D eigenvalue weighted by Gasteiger charge is -2.01. The van der Waals surface area contributed by atoms with Gasteiger partial charge in [0.2, 0.25) is 0 Å². The highest BCUT2D eigenvalue weighted by atomic mass is 32.1. The fourth-order valence-electron chi connectivity index (χ4n) is 0.984. The van der Waals surface area contributed by atoms with Crippen molar-refractivity contribution in [2.75, 3.05) is 0 Å². The van der Waals surface area contributed by atoms with E-state index in [-0.39, 0.29) is 0 Å². The summed E-state index contributed by atoms with van der Waals surface area (Å²) in [4.78, 5) is 0. The van der Waals surface area contributed by atoms with Crippen LogP contribution < -0.4 is 4.74 Å². The molecule has 3 nitrogen and oxygen atoms in total. The second-order valence-corrected chi connectivity index (χ2v) is 4.36. The molecule has 0 aliphatic heterocycles. The number of H-pyrrole nitrogens is 1. The van der Waals surface area contributed by atoms with Gasteiger partial charge in [-0.25, -0.2) is 0 Å². The molecule has 0 radical (unpaired) electrons. The summed E-state index contributed by atoms with van der Waals surface area (Å²) in [5, 5.41) is 7.56. The van der Waals surface area contributed by atoms with Crippen molar-refractivity contribution in [2.45, 2.75) is 6.61 Å². The van der Waals surface area contributed by atoms with E-state index in [4.69, 9.17) is 17.0 Å². The predicted octanol–water partition coefficient (Wildman–Crippen LogP) is 2.78. The zero-order chi connectivity index (χ0) is 9.80. The number of nitrogens with zero attached hydrogens (tertiary/aromatic N) is 1. The highest BCUT2D eigenvalue weighted by Crippen LogP contribution is 2.12. The second-order valence-electron chi connectivity index (χ2n) is 2.61. The molecule has 0 unspecified atom stereocenters. The van der Waals surface area contributed by atoms with Gasteiger partial charge < -0.3 is 4.74 Å². The standard InChI is InChI=1S/C9H8N2OS2/c13-9-11-10-8(14-9)6-12-7-4-2-1-3-5-7/h1-5H,6H2,(H,11,13). The van der Waals surface area contributed by atoms with E-state index in [0.29, 0.717) is 10.6 Å². The van der Waals surface area contributed by atoms with E-state index in [2.05, 4.69) is 10.2 Å². The monoisotopic (exact) mass is 224 g/mol. The number of ether oxygens (including phenoxy) is 1. The molecule has 1 N–H and O–H groups in total. The maximum Gasteiger partial charge on any atom is 0.176 e. The first kappa shape index (κ1) is 9.36. The molecule has 72 valence electrons. The largest absolute Gasteiger partial charge is 0.486 e. The third-order valence-electron chi connectivity index (χ3n) is 1.59. The Labute approximate surface area is 90.4 Å². The molecule has 1 heterocycles. The SMILES string of the molecule is S=c1[nH]nc(COc2ccccc2)s1. The molecular formula is C9H8N2OS2. The fourth-order valence-corrected chi connectivity index (χ4v) is 1.83. The van der Waals surface area contributed by atoms with Crippen molar-refractivity contribution >= 4 is 23.6 Å². The Balaban J connectivity index is 1.98. The number of benzene rings is 1. The summed E-state index contributed by atoms with van der Waals surface area (Å²) >= 11 is 6.34. The van der Waals surface area contributed by atoms with Crippen molar-refractivity contribution in [3.05, 3.63) is 39.3 Å². The van der Waals surface area contributed by atoms with Gasteiger partial charge in [-0.3, -0.25) is 5.10 Å². The number of nitrogens with one attached hydrogen (secondary N) is 1. The molecule has 0 bridgehead atoms. The van der Waals surface area contributed by atoms with Crippen molar-refractivity contribution in [3.63, 3.8) is 0 Å². The lowest BCUT2D eigenvalue weighted by molar-refractivity contribution is 0.304. The first-order valence-corrected chi connectivity index (χ1v) is 5.29. The minimum Gasteiger partial charge on any atom is -0.486 e. The smallest absolute Gasteiger partial charge is 0.176 e. The molecule has 0 fully saturated rings. The maximum atomic E-state index is 5.49. The van der Waals surface area contributed by atoms with Crippen LogP contribution in [0.4, 0.5) is 0 Å². The molecule has 1 aromatic heterocycles. The number of hydrogen-bond donors (Lipinski definition) is 1. The van der Waals surface area contributed by atoms with Crippen LogP contribution in [0.1, 0.15) is 5.01 Å². The van der Waals surface area contributed by atoms with Crippen LogP contribution in [0.25, 0.3) is 0 Å². The van der Waals surface area contributed by atoms with Crippen LogP contribution >= 0.6 is 23.6 Å². The van der Waals surface area contributed by atoms with Crippen LogP contribution in [-0.2, 0) is 6.61 Å². The third-order valence-corrected chi connectivity index (χ3v) is 2.65. The topological polar surface area (TPSA) is 37.9 Å². The van der Waals surface area contributed by atoms with E-state index in [1.54, 1.807) is 0 Å². The van der Waals surface area contributed by atoms with Gasteiger partial charge in [0, 0.05) is 0 Å². The molecule has 0 aliphatic carbocycles. The fraction of sp³-hybridized carbons (Fsp3) is 0.111. The first-order chi connectivity index (χ1) is 6.84. The van der Waals surface area contributed by atoms with E-state index in [9.17, 15) is 0 Å². The Kier molecular flexibility index (Phi) is 2.90. The number of rotatable bonds is 3. The Bertz CT molecular complexity index is 449. The van der Waals surface area contributed by atoms with Crippen LogP contribution in [-0.4, -0.2) is 10.2 Å². The highest BCUT2D eigenvalue weighted by Gasteiger charge is 1.98. The summed E-state index contributed by atoms with van der Waals surface area (Å²) in [6, 6.07) is 9.63. The molecule has 2 rings (SSSR count). The van der Waals surface area contributed by atoms with Gasteiger partial charge in [-0.05, 0) is 24.4 Å². The van der Waals surface area contributed by atoms with Crippen LogP contribution in [0.15, 0.2) is 30.3 Å². The van der Waals surface area contributed by atoms with Crippen molar-refractivity contribution in [1.82, 2.24) is 10.2 Å². The quantitative estimate of drug-likeness (QED) is 0.815. The molecule has 5 heteroatoms. The third kappa shape index (κ3) is 2.40. The average molecular weight is 224 g/mol. The van der Waals surface area contributed by atoms with Crippen molar-refractivity contribution in [2.24, 2.45) is 0 Å². The predicted molar refractivity (Wildman–Crippen MR) is 58.1 cm³/mol. The van der Waals surface area contributed by atoms with Crippen LogP contribution in [0.2, 0.25) is 0 Å².